The molecule has 0 unspecified atom stereocenters. The molecule has 8 nitrogen and oxygen atoms in total. The van der Waals surface area contributed by atoms with E-state index in [1.807, 2.05) is 25.1 Å². The molecule has 30 heavy (non-hydrogen) atoms. The van der Waals surface area contributed by atoms with Crippen molar-refractivity contribution in [3.8, 4) is 23.1 Å². The van der Waals surface area contributed by atoms with Gasteiger partial charge in [-0.1, -0.05) is 6.07 Å². The van der Waals surface area contributed by atoms with Gasteiger partial charge in [-0.3, -0.25) is 4.79 Å². The molecule has 0 bridgehead atoms. The van der Waals surface area contributed by atoms with Gasteiger partial charge in [0, 0.05) is 11.6 Å². The van der Waals surface area contributed by atoms with Gasteiger partial charge in [0.25, 0.3) is 5.91 Å². The molecule has 2 aromatic heterocycles. The Kier molecular flexibility index (Phi) is 5.38. The average molecular weight is 401 g/mol. The van der Waals surface area contributed by atoms with Crippen LogP contribution in [0.4, 0.5) is 5.69 Å². The standard InChI is InChI=1S/C22H19N5O3/c1-15-3-9-19(20(11-15)29-2)30-21-10-6-17(12-24-21)26-22(28)16-4-7-18(8-5-16)27-14-23-13-25-27/h3-14H,1-2H3,(H,26,28). The number of hydrogen-bond donors (Lipinski definition) is 1. The second kappa shape index (κ2) is 8.44. The van der Waals surface area contributed by atoms with Crippen LogP contribution in [-0.2, 0) is 0 Å². The number of carbonyl (C=O) groups excluding carboxylic acids is 1. The van der Waals surface area contributed by atoms with Crippen LogP contribution >= 0.6 is 0 Å². The lowest BCUT2D eigenvalue weighted by atomic mass is 10.2. The van der Waals surface area contributed by atoms with E-state index in [2.05, 4.69) is 20.4 Å². The summed E-state index contributed by atoms with van der Waals surface area (Å²) >= 11 is 0. The molecule has 0 saturated carbocycles. The second-order valence-electron chi connectivity index (χ2n) is 6.48. The van der Waals surface area contributed by atoms with Gasteiger partial charge in [-0.15, -0.1) is 0 Å². The number of carbonyl (C=O) groups is 1. The second-order valence-corrected chi connectivity index (χ2v) is 6.48. The molecule has 1 amide bonds. The summed E-state index contributed by atoms with van der Waals surface area (Å²) in [5.74, 6) is 1.35. The molecule has 0 spiro atoms. The van der Waals surface area contributed by atoms with Gasteiger partial charge in [-0.25, -0.2) is 14.6 Å². The molecule has 8 heteroatoms. The highest BCUT2D eigenvalue weighted by Gasteiger charge is 2.09. The van der Waals surface area contributed by atoms with Gasteiger partial charge < -0.3 is 14.8 Å². The quantitative estimate of drug-likeness (QED) is 0.525. The van der Waals surface area contributed by atoms with Gasteiger partial charge in [-0.2, -0.15) is 5.10 Å². The maximum Gasteiger partial charge on any atom is 0.255 e. The minimum Gasteiger partial charge on any atom is -0.493 e. The van der Waals surface area contributed by atoms with Crippen molar-refractivity contribution >= 4 is 11.6 Å². The minimum atomic E-state index is -0.240. The van der Waals surface area contributed by atoms with Gasteiger partial charge >= 0.3 is 0 Å². The van der Waals surface area contributed by atoms with Crippen LogP contribution in [0.15, 0.2) is 73.4 Å². The summed E-state index contributed by atoms with van der Waals surface area (Å²) in [6.45, 7) is 1.98. The Morgan fingerprint density at radius 3 is 2.53 bits per heavy atom. The predicted molar refractivity (Wildman–Crippen MR) is 111 cm³/mol. The van der Waals surface area contributed by atoms with Crippen molar-refractivity contribution in [1.29, 1.82) is 0 Å². The van der Waals surface area contributed by atoms with E-state index >= 15 is 0 Å². The van der Waals surface area contributed by atoms with Crippen molar-refractivity contribution in [1.82, 2.24) is 19.7 Å². The molecule has 0 fully saturated rings. The van der Waals surface area contributed by atoms with Crippen LogP contribution in [0.25, 0.3) is 5.69 Å². The van der Waals surface area contributed by atoms with Gasteiger partial charge in [0.2, 0.25) is 5.88 Å². The molecule has 2 aromatic carbocycles. The number of rotatable bonds is 6. The summed E-state index contributed by atoms with van der Waals surface area (Å²) in [4.78, 5) is 20.6. The molecule has 2 heterocycles. The van der Waals surface area contributed by atoms with Crippen molar-refractivity contribution in [3.63, 3.8) is 0 Å². The summed E-state index contributed by atoms with van der Waals surface area (Å²) in [6.07, 6.45) is 4.59. The monoisotopic (exact) mass is 401 g/mol. The molecule has 1 N–H and O–H groups in total. The summed E-state index contributed by atoms with van der Waals surface area (Å²) in [5, 5.41) is 6.88. The van der Waals surface area contributed by atoms with E-state index in [1.165, 1.54) is 12.5 Å². The normalized spacial score (nSPS) is 10.5. The molecule has 0 atom stereocenters. The number of aryl methyl sites for hydroxylation is 1. The molecule has 4 aromatic rings. The van der Waals surface area contributed by atoms with Crippen LogP contribution in [0, 0.1) is 6.92 Å². The van der Waals surface area contributed by atoms with Gasteiger partial charge in [-0.05, 0) is 55.0 Å². The van der Waals surface area contributed by atoms with Crippen LogP contribution in [-0.4, -0.2) is 32.8 Å². The Morgan fingerprint density at radius 2 is 1.87 bits per heavy atom. The van der Waals surface area contributed by atoms with Gasteiger partial charge in [0.05, 0.1) is 24.7 Å². The lowest BCUT2D eigenvalue weighted by Gasteiger charge is -2.11. The highest BCUT2D eigenvalue weighted by Crippen LogP contribution is 2.31. The van der Waals surface area contributed by atoms with E-state index in [0.717, 1.165) is 11.3 Å². The van der Waals surface area contributed by atoms with E-state index in [9.17, 15) is 4.79 Å². The lowest BCUT2D eigenvalue weighted by Crippen LogP contribution is -2.12. The first kappa shape index (κ1) is 19.1. The zero-order chi connectivity index (χ0) is 20.9. The smallest absolute Gasteiger partial charge is 0.255 e. The van der Waals surface area contributed by atoms with E-state index in [1.54, 1.807) is 54.5 Å². The van der Waals surface area contributed by atoms with Gasteiger partial charge in [0.1, 0.15) is 12.7 Å². The number of nitrogens with zero attached hydrogens (tertiary/aromatic N) is 4. The maximum absolute atomic E-state index is 12.5. The largest absolute Gasteiger partial charge is 0.493 e. The number of nitrogens with one attached hydrogen (secondary N) is 1. The van der Waals surface area contributed by atoms with Crippen molar-refractivity contribution in [2.24, 2.45) is 0 Å². The van der Waals surface area contributed by atoms with E-state index in [0.29, 0.717) is 28.6 Å². The number of anilines is 1. The summed E-state index contributed by atoms with van der Waals surface area (Å²) < 4.78 is 12.7. The van der Waals surface area contributed by atoms with Crippen molar-refractivity contribution in [3.05, 3.63) is 84.6 Å². The zero-order valence-electron chi connectivity index (χ0n) is 16.4. The number of benzene rings is 2. The number of ether oxygens (including phenoxy) is 2. The van der Waals surface area contributed by atoms with Crippen LogP contribution in [0.1, 0.15) is 15.9 Å². The SMILES string of the molecule is COc1cc(C)ccc1Oc1ccc(NC(=O)c2ccc(-n3cncn3)cc2)cn1. The molecular formula is C22H19N5O3. The topological polar surface area (TPSA) is 91.2 Å². The van der Waals surface area contributed by atoms with Crippen LogP contribution in [0.5, 0.6) is 17.4 Å². The third kappa shape index (κ3) is 4.27. The summed E-state index contributed by atoms with van der Waals surface area (Å²) in [7, 11) is 1.59. The fourth-order valence-electron chi connectivity index (χ4n) is 2.80. The summed E-state index contributed by atoms with van der Waals surface area (Å²) in [6, 6.07) is 16.1. The molecule has 0 aliphatic heterocycles. The summed E-state index contributed by atoms with van der Waals surface area (Å²) in [5.41, 5.74) is 2.96. The fraction of sp³-hybridized carbons (Fsp3) is 0.0909. The lowest BCUT2D eigenvalue weighted by molar-refractivity contribution is 0.102. The number of aromatic nitrogens is 4. The number of amides is 1. The predicted octanol–water partition coefficient (Wildman–Crippen LogP) is 4.02. The molecule has 4 rings (SSSR count). The Balaban J connectivity index is 1.41. The number of pyridine rings is 1. The average Bonchev–Trinajstić information content (AvgIpc) is 3.31. The Morgan fingerprint density at radius 1 is 1.03 bits per heavy atom. The third-order valence-electron chi connectivity index (χ3n) is 4.34. The van der Waals surface area contributed by atoms with E-state index in [-0.39, 0.29) is 5.91 Å². The van der Waals surface area contributed by atoms with E-state index in [4.69, 9.17) is 9.47 Å². The van der Waals surface area contributed by atoms with Gasteiger partial charge in [0.15, 0.2) is 11.5 Å². The maximum atomic E-state index is 12.5. The fourth-order valence-corrected chi connectivity index (χ4v) is 2.80. The molecule has 0 aliphatic rings. The molecular weight excluding hydrogens is 382 g/mol. The molecule has 150 valence electrons. The van der Waals surface area contributed by atoms with E-state index < -0.39 is 0 Å². The van der Waals surface area contributed by atoms with Crippen molar-refractivity contribution in [2.45, 2.75) is 6.92 Å². The van der Waals surface area contributed by atoms with Crippen LogP contribution in [0.2, 0.25) is 0 Å². The highest BCUT2D eigenvalue weighted by molar-refractivity contribution is 6.04. The first-order chi connectivity index (χ1) is 14.6. The third-order valence-corrected chi connectivity index (χ3v) is 4.34. The first-order valence-corrected chi connectivity index (χ1v) is 9.17. The Hall–Kier alpha value is -4.20. The highest BCUT2D eigenvalue weighted by atomic mass is 16.5. The number of methoxy groups -OCH3 is 1. The molecule has 0 saturated heterocycles. The Bertz CT molecular complexity index is 1140. The van der Waals surface area contributed by atoms with Crippen LogP contribution < -0.4 is 14.8 Å². The van der Waals surface area contributed by atoms with Crippen molar-refractivity contribution < 1.29 is 14.3 Å². The Labute approximate surface area is 173 Å². The zero-order valence-corrected chi connectivity index (χ0v) is 16.4. The molecule has 0 aliphatic carbocycles. The minimum absolute atomic E-state index is 0.240. The van der Waals surface area contributed by atoms with Crippen molar-refractivity contribution in [2.75, 3.05) is 12.4 Å². The van der Waals surface area contributed by atoms with Crippen LogP contribution in [0.3, 0.4) is 0 Å². The molecule has 0 radical (unpaired) electrons. The first-order valence-electron chi connectivity index (χ1n) is 9.17. The number of hydrogen-bond acceptors (Lipinski definition) is 6.